The van der Waals surface area contributed by atoms with Crippen LogP contribution in [0, 0.1) is 17.6 Å². The summed E-state index contributed by atoms with van der Waals surface area (Å²) in [5, 5.41) is 17.3. The van der Waals surface area contributed by atoms with Crippen molar-refractivity contribution in [1.29, 1.82) is 0 Å². The average molecular weight is 523 g/mol. The summed E-state index contributed by atoms with van der Waals surface area (Å²) in [6, 6.07) is 8.02. The number of aryl methyl sites for hydroxylation is 1. The molecule has 0 unspecified atom stereocenters. The van der Waals surface area contributed by atoms with Crippen LogP contribution in [0.3, 0.4) is 0 Å². The lowest BCUT2D eigenvalue weighted by molar-refractivity contribution is -0.126. The number of carbonyl (C=O) groups is 1. The van der Waals surface area contributed by atoms with Gasteiger partial charge in [-0.2, -0.15) is 10.6 Å². The van der Waals surface area contributed by atoms with Crippen molar-refractivity contribution >= 4 is 16.5 Å². The van der Waals surface area contributed by atoms with E-state index in [-0.39, 0.29) is 42.3 Å². The molecule has 198 valence electrons. The minimum Gasteiger partial charge on any atom is -0.390 e. The molecule has 36 heavy (non-hydrogen) atoms. The minimum atomic E-state index is -2.82. The maximum absolute atomic E-state index is 13.8. The Bertz CT molecular complexity index is 1060. The minimum absolute atomic E-state index is 0.0589. The highest BCUT2D eigenvalue weighted by Crippen LogP contribution is 2.50. The summed E-state index contributed by atoms with van der Waals surface area (Å²) in [6.07, 6.45) is 3.38. The van der Waals surface area contributed by atoms with E-state index in [0.717, 1.165) is 54.9 Å². The molecule has 1 amide bonds. The van der Waals surface area contributed by atoms with Crippen molar-refractivity contribution in [1.82, 2.24) is 10.6 Å². The normalized spacial score (nSPS) is 22.0. The first-order valence-electron chi connectivity index (χ1n) is 12.7. The summed E-state index contributed by atoms with van der Waals surface area (Å²) in [7, 11) is -2.82. The number of fused-ring (bicyclic) bond motifs is 1. The Morgan fingerprint density at radius 2 is 1.78 bits per heavy atom. The zero-order valence-electron chi connectivity index (χ0n) is 20.6. The first kappa shape index (κ1) is 27.0. The number of hydrogen-bond donors (Lipinski definition) is 5. The van der Waals surface area contributed by atoms with E-state index >= 15 is 0 Å². The molecule has 0 spiro atoms. The second-order valence-corrected chi connectivity index (χ2v) is 12.3. The highest BCUT2D eigenvalue weighted by atomic mass is 32.3. The maximum atomic E-state index is 13.8. The summed E-state index contributed by atoms with van der Waals surface area (Å²) in [5.41, 5.74) is 3.32. The Hall–Kier alpha value is -2.04. The Labute approximate surface area is 212 Å². The first-order chi connectivity index (χ1) is 17.1. The van der Waals surface area contributed by atoms with Gasteiger partial charge in [0.25, 0.3) is 0 Å². The van der Waals surface area contributed by atoms with Crippen molar-refractivity contribution in [2.45, 2.75) is 69.4 Å². The molecule has 5 N–H and O–H groups in total. The number of carbonyl (C=O) groups excluding carboxylic acids is 1. The fraction of sp³-hybridized carbons (Fsp3) is 0.519. The lowest BCUT2D eigenvalue weighted by Crippen LogP contribution is -2.51. The molecule has 1 heterocycles. The molecule has 0 aromatic heterocycles. The van der Waals surface area contributed by atoms with Crippen LogP contribution >= 0.6 is 10.6 Å². The number of amides is 1. The maximum Gasteiger partial charge on any atom is 0.223 e. The molecule has 0 radical (unpaired) electrons. The van der Waals surface area contributed by atoms with Crippen molar-refractivity contribution in [2.75, 3.05) is 12.3 Å². The number of aliphatic hydroxyl groups excluding tert-OH is 1. The van der Waals surface area contributed by atoms with E-state index in [1.165, 1.54) is 12.1 Å². The van der Waals surface area contributed by atoms with Gasteiger partial charge in [0.1, 0.15) is 11.6 Å². The molecule has 4 rings (SSSR count). The molecular weight excluding hydrogens is 486 g/mol. The smallest absolute Gasteiger partial charge is 0.223 e. The first-order valence-corrected chi connectivity index (χ1v) is 14.5. The van der Waals surface area contributed by atoms with Crippen LogP contribution in [-0.4, -0.2) is 44.6 Å². The van der Waals surface area contributed by atoms with Gasteiger partial charge in [0.05, 0.1) is 29.7 Å². The number of rotatable bonds is 9. The summed E-state index contributed by atoms with van der Waals surface area (Å²) < 4.78 is 48.6. The number of benzene rings is 2. The standard InChI is InChI=1S/C27H36F2N2O4S/c1-2-17-7-8-20-15-36(34,35)16-25(23(20)11-17)30-14-26(32)24(31-27(33)19-5-3-4-6-19)12-18-9-21(28)13-22(29)10-18/h7-11,13,19,24-26,30,32,34-35H,2-6,12,14-16H2,1H3,(H,31,33)/t24-,25-,26+/m0/s1. The van der Waals surface area contributed by atoms with Crippen LogP contribution in [-0.2, 0) is 23.4 Å². The molecule has 6 nitrogen and oxygen atoms in total. The largest absolute Gasteiger partial charge is 0.390 e. The molecule has 1 aliphatic heterocycles. The van der Waals surface area contributed by atoms with Crippen molar-refractivity contribution in [2.24, 2.45) is 5.92 Å². The van der Waals surface area contributed by atoms with E-state index in [4.69, 9.17) is 0 Å². The van der Waals surface area contributed by atoms with E-state index < -0.39 is 34.4 Å². The second kappa shape index (κ2) is 11.6. The topological polar surface area (TPSA) is 102 Å². The molecule has 0 saturated heterocycles. The lowest BCUT2D eigenvalue weighted by atomic mass is 9.96. The molecule has 1 saturated carbocycles. The molecule has 0 bridgehead atoms. The van der Waals surface area contributed by atoms with Crippen LogP contribution < -0.4 is 10.6 Å². The highest BCUT2D eigenvalue weighted by molar-refractivity contribution is 8.23. The Balaban J connectivity index is 1.50. The number of nitrogens with one attached hydrogen (secondary N) is 2. The zero-order chi connectivity index (χ0) is 25.9. The molecule has 1 aliphatic carbocycles. The van der Waals surface area contributed by atoms with Gasteiger partial charge in [-0.1, -0.05) is 38.0 Å². The molecule has 1 fully saturated rings. The zero-order valence-corrected chi connectivity index (χ0v) is 21.4. The summed E-state index contributed by atoms with van der Waals surface area (Å²) in [6.45, 7) is 2.11. The van der Waals surface area contributed by atoms with Gasteiger partial charge in [0.2, 0.25) is 5.91 Å². The van der Waals surface area contributed by atoms with E-state index in [2.05, 4.69) is 23.6 Å². The SMILES string of the molecule is CCc1ccc2c(c1)[C@@H](NC[C@@H](O)[C@H](Cc1cc(F)cc(F)c1)NC(=O)C1CCCC1)CS(O)(O)C2. The monoisotopic (exact) mass is 522 g/mol. The molecule has 9 heteroatoms. The van der Waals surface area contributed by atoms with Gasteiger partial charge in [-0.05, 0) is 60.1 Å². The van der Waals surface area contributed by atoms with Gasteiger partial charge >= 0.3 is 0 Å². The Kier molecular flexibility index (Phi) is 8.67. The quantitative estimate of drug-likeness (QED) is 0.329. The van der Waals surface area contributed by atoms with Crippen molar-refractivity contribution in [3.8, 4) is 0 Å². The number of hydrogen-bond acceptors (Lipinski definition) is 5. The molecule has 2 aliphatic rings. The summed E-state index contributed by atoms with van der Waals surface area (Å²) >= 11 is 0. The number of halogens is 2. The fourth-order valence-electron chi connectivity index (χ4n) is 5.31. The Morgan fingerprint density at radius 3 is 2.44 bits per heavy atom. The number of aliphatic hydroxyl groups is 1. The van der Waals surface area contributed by atoms with Crippen LogP contribution in [0.5, 0.6) is 0 Å². The van der Waals surface area contributed by atoms with Crippen LogP contribution in [0.2, 0.25) is 0 Å². The van der Waals surface area contributed by atoms with Gasteiger partial charge in [-0.15, -0.1) is 0 Å². The molecule has 2 aromatic carbocycles. The van der Waals surface area contributed by atoms with Crippen molar-refractivity contribution in [3.05, 3.63) is 70.3 Å². The van der Waals surface area contributed by atoms with Crippen LogP contribution in [0.1, 0.15) is 60.9 Å². The lowest BCUT2D eigenvalue weighted by Gasteiger charge is -2.42. The van der Waals surface area contributed by atoms with Crippen LogP contribution in [0.25, 0.3) is 0 Å². The van der Waals surface area contributed by atoms with Crippen molar-refractivity contribution in [3.63, 3.8) is 0 Å². The molecule has 3 atom stereocenters. The van der Waals surface area contributed by atoms with Gasteiger partial charge in [0.15, 0.2) is 0 Å². The van der Waals surface area contributed by atoms with Crippen LogP contribution in [0.15, 0.2) is 36.4 Å². The van der Waals surface area contributed by atoms with Gasteiger partial charge in [-0.3, -0.25) is 13.9 Å². The predicted molar refractivity (Wildman–Crippen MR) is 138 cm³/mol. The third-order valence-corrected chi connectivity index (χ3v) is 8.92. The highest BCUT2D eigenvalue weighted by Gasteiger charge is 2.32. The average Bonchev–Trinajstić information content (AvgIpc) is 3.35. The van der Waals surface area contributed by atoms with Gasteiger partial charge in [0, 0.05) is 18.5 Å². The Morgan fingerprint density at radius 1 is 1.08 bits per heavy atom. The second-order valence-electron chi connectivity index (χ2n) is 10.1. The van der Waals surface area contributed by atoms with E-state index in [1.807, 2.05) is 12.1 Å². The van der Waals surface area contributed by atoms with Gasteiger partial charge in [-0.25, -0.2) is 8.78 Å². The van der Waals surface area contributed by atoms with Crippen LogP contribution in [0.4, 0.5) is 8.78 Å². The predicted octanol–water partition coefficient (Wildman–Crippen LogP) is 4.70. The fourth-order valence-corrected chi connectivity index (χ4v) is 7.02. The van der Waals surface area contributed by atoms with E-state index in [1.54, 1.807) is 0 Å². The molecule has 2 aromatic rings. The summed E-state index contributed by atoms with van der Waals surface area (Å²) in [4.78, 5) is 12.9. The van der Waals surface area contributed by atoms with E-state index in [9.17, 15) is 27.8 Å². The third-order valence-electron chi connectivity index (χ3n) is 7.28. The summed E-state index contributed by atoms with van der Waals surface area (Å²) in [5.74, 6) is -1.36. The van der Waals surface area contributed by atoms with Crippen molar-refractivity contribution < 1.29 is 27.8 Å². The van der Waals surface area contributed by atoms with Gasteiger partial charge < -0.3 is 15.7 Å². The molecular formula is C27H36F2N2O4S. The third kappa shape index (κ3) is 6.83. The van der Waals surface area contributed by atoms with E-state index in [0.29, 0.717) is 5.56 Å².